The molecule has 27 heavy (non-hydrogen) atoms. The average Bonchev–Trinajstić information content (AvgIpc) is 3.22. The molecule has 3 amide bonds. The van der Waals surface area contributed by atoms with Gasteiger partial charge in [0.2, 0.25) is 5.91 Å². The zero-order chi connectivity index (χ0) is 19.4. The van der Waals surface area contributed by atoms with Crippen molar-refractivity contribution in [1.82, 2.24) is 14.7 Å². The molecule has 3 rings (SSSR count). The molecule has 1 aromatic rings. The number of hydrogen-bond acceptors (Lipinski definition) is 5. The quantitative estimate of drug-likeness (QED) is 0.793. The third-order valence-corrected chi connectivity index (χ3v) is 5.16. The minimum Gasteiger partial charge on any atom is -0.497 e. The standard InChI is InChI=1S/C19H25N3O5/c1-26-15-7-5-14(6-8-15)17(23)20-10-12-21(13-11-20)18(24)16-4-3-9-22(16)19(25)27-2/h5-8,16H,3-4,9-13H2,1-2H3. The number of likely N-dealkylation sites (tertiary alicyclic amines) is 1. The van der Waals surface area contributed by atoms with E-state index < -0.39 is 12.1 Å². The van der Waals surface area contributed by atoms with Crippen molar-refractivity contribution in [1.29, 1.82) is 0 Å². The Hall–Kier alpha value is -2.77. The van der Waals surface area contributed by atoms with E-state index in [2.05, 4.69) is 0 Å². The summed E-state index contributed by atoms with van der Waals surface area (Å²) in [5.74, 6) is 0.588. The highest BCUT2D eigenvalue weighted by molar-refractivity contribution is 5.94. The Bertz CT molecular complexity index is 698. The van der Waals surface area contributed by atoms with E-state index >= 15 is 0 Å². The van der Waals surface area contributed by atoms with Crippen LogP contribution in [0.5, 0.6) is 5.75 Å². The van der Waals surface area contributed by atoms with E-state index in [1.807, 2.05) is 0 Å². The molecular formula is C19H25N3O5. The maximum atomic E-state index is 12.8. The molecule has 2 aliphatic heterocycles. The van der Waals surface area contributed by atoms with Crippen molar-refractivity contribution in [3.63, 3.8) is 0 Å². The molecule has 0 aliphatic carbocycles. The van der Waals surface area contributed by atoms with Gasteiger partial charge in [0, 0.05) is 38.3 Å². The highest BCUT2D eigenvalue weighted by Gasteiger charge is 2.38. The van der Waals surface area contributed by atoms with Crippen LogP contribution in [0.2, 0.25) is 0 Å². The molecule has 2 heterocycles. The van der Waals surface area contributed by atoms with E-state index in [1.165, 1.54) is 12.0 Å². The average molecular weight is 375 g/mol. The summed E-state index contributed by atoms with van der Waals surface area (Å²) in [7, 11) is 2.91. The molecule has 0 bridgehead atoms. The lowest BCUT2D eigenvalue weighted by Crippen LogP contribution is -2.55. The second-order valence-electron chi connectivity index (χ2n) is 6.67. The lowest BCUT2D eigenvalue weighted by molar-refractivity contribution is -0.137. The first kappa shape index (κ1) is 19.0. The second-order valence-corrected chi connectivity index (χ2v) is 6.67. The summed E-state index contributed by atoms with van der Waals surface area (Å²) in [6, 6.07) is 6.54. The van der Waals surface area contributed by atoms with Gasteiger partial charge in [-0.3, -0.25) is 14.5 Å². The molecule has 0 radical (unpaired) electrons. The zero-order valence-electron chi connectivity index (χ0n) is 15.7. The van der Waals surface area contributed by atoms with E-state index in [4.69, 9.17) is 9.47 Å². The second kappa shape index (κ2) is 8.28. The molecule has 8 nitrogen and oxygen atoms in total. The molecule has 0 saturated carbocycles. The van der Waals surface area contributed by atoms with Crippen LogP contribution in [0.1, 0.15) is 23.2 Å². The van der Waals surface area contributed by atoms with Gasteiger partial charge < -0.3 is 19.3 Å². The highest BCUT2D eigenvalue weighted by atomic mass is 16.5. The lowest BCUT2D eigenvalue weighted by Gasteiger charge is -2.37. The summed E-state index contributed by atoms with van der Waals surface area (Å²) < 4.78 is 9.88. The van der Waals surface area contributed by atoms with Crippen LogP contribution in [0.4, 0.5) is 4.79 Å². The van der Waals surface area contributed by atoms with E-state index in [1.54, 1.807) is 41.2 Å². The van der Waals surface area contributed by atoms with Crippen LogP contribution < -0.4 is 4.74 Å². The molecule has 8 heteroatoms. The first-order chi connectivity index (χ1) is 13.0. The van der Waals surface area contributed by atoms with Gasteiger partial charge in [-0.1, -0.05) is 0 Å². The third kappa shape index (κ3) is 3.99. The Morgan fingerprint density at radius 1 is 0.926 bits per heavy atom. The summed E-state index contributed by atoms with van der Waals surface area (Å²) in [4.78, 5) is 42.2. The van der Waals surface area contributed by atoms with Crippen molar-refractivity contribution in [2.45, 2.75) is 18.9 Å². The molecule has 0 N–H and O–H groups in total. The van der Waals surface area contributed by atoms with Crippen molar-refractivity contribution in [3.8, 4) is 5.75 Å². The van der Waals surface area contributed by atoms with E-state index in [-0.39, 0.29) is 11.8 Å². The molecule has 2 saturated heterocycles. The van der Waals surface area contributed by atoms with Crippen LogP contribution in [0.15, 0.2) is 24.3 Å². The normalized spacial score (nSPS) is 19.8. The number of carbonyl (C=O) groups excluding carboxylic acids is 3. The number of rotatable bonds is 3. The van der Waals surface area contributed by atoms with Crippen LogP contribution in [0.25, 0.3) is 0 Å². The zero-order valence-corrected chi connectivity index (χ0v) is 15.7. The lowest BCUT2D eigenvalue weighted by atomic mass is 10.1. The number of methoxy groups -OCH3 is 2. The molecule has 2 aliphatic rings. The Morgan fingerprint density at radius 3 is 2.15 bits per heavy atom. The number of hydrogen-bond donors (Lipinski definition) is 0. The number of nitrogens with zero attached hydrogens (tertiary/aromatic N) is 3. The minimum atomic E-state index is -0.459. The summed E-state index contributed by atoms with van der Waals surface area (Å²) in [6.07, 6.45) is 0.986. The fourth-order valence-electron chi connectivity index (χ4n) is 3.62. The van der Waals surface area contributed by atoms with Crippen molar-refractivity contribution < 1.29 is 23.9 Å². The Morgan fingerprint density at radius 2 is 1.56 bits per heavy atom. The topological polar surface area (TPSA) is 79.4 Å². The monoisotopic (exact) mass is 375 g/mol. The van der Waals surface area contributed by atoms with Crippen LogP contribution in [0.3, 0.4) is 0 Å². The molecule has 1 aromatic carbocycles. The summed E-state index contributed by atoms with van der Waals surface area (Å²) in [5.41, 5.74) is 0.600. The molecule has 0 aromatic heterocycles. The fraction of sp³-hybridized carbons (Fsp3) is 0.526. The van der Waals surface area contributed by atoms with Gasteiger partial charge in [-0.05, 0) is 37.1 Å². The first-order valence-corrected chi connectivity index (χ1v) is 9.12. The fourth-order valence-corrected chi connectivity index (χ4v) is 3.62. The van der Waals surface area contributed by atoms with Gasteiger partial charge in [0.05, 0.1) is 14.2 Å². The van der Waals surface area contributed by atoms with Crippen LogP contribution in [-0.4, -0.2) is 85.6 Å². The van der Waals surface area contributed by atoms with Gasteiger partial charge in [0.1, 0.15) is 11.8 Å². The van der Waals surface area contributed by atoms with E-state index in [0.29, 0.717) is 50.5 Å². The van der Waals surface area contributed by atoms with Crippen molar-refractivity contribution >= 4 is 17.9 Å². The van der Waals surface area contributed by atoms with E-state index in [9.17, 15) is 14.4 Å². The Balaban J connectivity index is 1.57. The Labute approximate surface area is 158 Å². The SMILES string of the molecule is COC(=O)N1CCCC1C(=O)N1CCN(C(=O)c2ccc(OC)cc2)CC1. The van der Waals surface area contributed by atoms with Gasteiger partial charge in [0.25, 0.3) is 5.91 Å². The number of amides is 3. The summed E-state index contributed by atoms with van der Waals surface area (Å²) in [5, 5.41) is 0. The van der Waals surface area contributed by atoms with Gasteiger partial charge in [-0.2, -0.15) is 0 Å². The van der Waals surface area contributed by atoms with E-state index in [0.717, 1.165) is 6.42 Å². The largest absolute Gasteiger partial charge is 0.497 e. The molecule has 1 atom stereocenters. The first-order valence-electron chi connectivity index (χ1n) is 9.12. The predicted molar refractivity (Wildman–Crippen MR) is 97.6 cm³/mol. The van der Waals surface area contributed by atoms with Gasteiger partial charge in [-0.25, -0.2) is 4.79 Å². The molecular weight excluding hydrogens is 350 g/mol. The molecule has 146 valence electrons. The highest BCUT2D eigenvalue weighted by Crippen LogP contribution is 2.21. The summed E-state index contributed by atoms with van der Waals surface area (Å²) in [6.45, 7) is 2.42. The van der Waals surface area contributed by atoms with Crippen LogP contribution in [-0.2, 0) is 9.53 Å². The maximum absolute atomic E-state index is 12.8. The van der Waals surface area contributed by atoms with Crippen molar-refractivity contribution in [2.75, 3.05) is 46.9 Å². The molecule has 0 spiro atoms. The van der Waals surface area contributed by atoms with Crippen LogP contribution in [0, 0.1) is 0 Å². The smallest absolute Gasteiger partial charge is 0.410 e. The van der Waals surface area contributed by atoms with Gasteiger partial charge >= 0.3 is 6.09 Å². The Kier molecular flexibility index (Phi) is 5.83. The van der Waals surface area contributed by atoms with Crippen LogP contribution >= 0.6 is 0 Å². The summed E-state index contributed by atoms with van der Waals surface area (Å²) >= 11 is 0. The molecule has 2 fully saturated rings. The number of carbonyl (C=O) groups is 3. The number of benzene rings is 1. The van der Waals surface area contributed by atoms with Crippen molar-refractivity contribution in [3.05, 3.63) is 29.8 Å². The number of piperazine rings is 1. The minimum absolute atomic E-state index is 0.0539. The van der Waals surface area contributed by atoms with Gasteiger partial charge in [0.15, 0.2) is 0 Å². The molecule has 1 unspecified atom stereocenters. The van der Waals surface area contributed by atoms with Crippen molar-refractivity contribution in [2.24, 2.45) is 0 Å². The third-order valence-electron chi connectivity index (χ3n) is 5.16. The number of ether oxygens (including phenoxy) is 2. The predicted octanol–water partition coefficient (Wildman–Crippen LogP) is 1.21. The van der Waals surface area contributed by atoms with Gasteiger partial charge in [-0.15, -0.1) is 0 Å². The maximum Gasteiger partial charge on any atom is 0.410 e.